The summed E-state index contributed by atoms with van der Waals surface area (Å²) in [4.78, 5) is 17.2. The van der Waals surface area contributed by atoms with E-state index in [-0.39, 0.29) is 11.9 Å². The third kappa shape index (κ3) is 2.27. The van der Waals surface area contributed by atoms with Crippen molar-refractivity contribution in [3.63, 3.8) is 0 Å². The first-order valence-corrected chi connectivity index (χ1v) is 5.55. The number of anilines is 1. The molecular weight excluding hydrogens is 226 g/mol. The Morgan fingerprint density at radius 1 is 1.62 bits per heavy atom. The summed E-state index contributed by atoms with van der Waals surface area (Å²) in [7, 11) is 0. The lowest BCUT2D eigenvalue weighted by molar-refractivity contribution is -0.119. The molecule has 0 saturated carbocycles. The predicted octanol–water partition coefficient (Wildman–Crippen LogP) is 1.39. The number of rotatable bonds is 2. The summed E-state index contributed by atoms with van der Waals surface area (Å²) in [5, 5.41) is 0.426. The largest absolute Gasteiger partial charge is 0.368 e. The van der Waals surface area contributed by atoms with E-state index >= 15 is 0 Å². The fraction of sp³-hybridized carbons (Fsp3) is 0.364. The highest BCUT2D eigenvalue weighted by molar-refractivity contribution is 6.29. The molecule has 1 aliphatic heterocycles. The minimum absolute atomic E-state index is 0.271. The Labute approximate surface area is 99.4 Å². The van der Waals surface area contributed by atoms with Gasteiger partial charge in [-0.3, -0.25) is 4.79 Å². The highest BCUT2D eigenvalue weighted by Crippen LogP contribution is 2.25. The van der Waals surface area contributed by atoms with E-state index in [9.17, 15) is 4.79 Å². The molecule has 1 unspecified atom stereocenters. The number of halogens is 1. The van der Waals surface area contributed by atoms with E-state index < -0.39 is 0 Å². The quantitative estimate of drug-likeness (QED) is 0.793. The molecule has 1 aliphatic rings. The number of piperidine rings is 1. The third-order valence-corrected chi connectivity index (χ3v) is 2.92. The molecule has 0 aromatic carbocycles. The maximum atomic E-state index is 11.3. The van der Waals surface area contributed by atoms with Crippen LogP contribution in [0.15, 0.2) is 18.3 Å². The lowest BCUT2D eigenvalue weighted by atomic mass is 10.0. The molecule has 2 N–H and O–H groups in total. The van der Waals surface area contributed by atoms with Gasteiger partial charge in [-0.2, -0.15) is 0 Å². The molecule has 0 bridgehead atoms. The van der Waals surface area contributed by atoms with Gasteiger partial charge >= 0.3 is 0 Å². The van der Waals surface area contributed by atoms with Gasteiger partial charge in [0.05, 0.1) is 0 Å². The molecule has 5 heteroatoms. The van der Waals surface area contributed by atoms with Gasteiger partial charge in [0.2, 0.25) is 5.91 Å². The van der Waals surface area contributed by atoms with Crippen molar-refractivity contribution in [2.45, 2.75) is 18.9 Å². The second-order valence-electron chi connectivity index (χ2n) is 3.76. The number of primary amides is 1. The Morgan fingerprint density at radius 2 is 2.44 bits per heavy atom. The van der Waals surface area contributed by atoms with E-state index in [4.69, 9.17) is 17.3 Å². The molecule has 1 atom stereocenters. The molecule has 0 spiro atoms. The van der Waals surface area contributed by atoms with E-state index in [0.717, 1.165) is 18.7 Å². The maximum absolute atomic E-state index is 11.3. The highest BCUT2D eigenvalue weighted by atomic mass is 35.5. The minimum Gasteiger partial charge on any atom is -0.368 e. The van der Waals surface area contributed by atoms with Crippen LogP contribution in [0, 0.1) is 6.42 Å². The lowest BCUT2D eigenvalue weighted by Crippen LogP contribution is -2.48. The third-order valence-electron chi connectivity index (χ3n) is 2.71. The van der Waals surface area contributed by atoms with Crippen LogP contribution in [0.4, 0.5) is 5.69 Å². The predicted molar refractivity (Wildman–Crippen MR) is 63.1 cm³/mol. The van der Waals surface area contributed by atoms with Gasteiger partial charge in [-0.15, -0.1) is 0 Å². The van der Waals surface area contributed by atoms with Crippen molar-refractivity contribution in [1.82, 2.24) is 4.98 Å². The van der Waals surface area contributed by atoms with Gasteiger partial charge < -0.3 is 10.6 Å². The van der Waals surface area contributed by atoms with E-state index in [1.807, 2.05) is 11.0 Å². The number of carbonyl (C=O) groups is 1. The topological polar surface area (TPSA) is 59.2 Å². The fourth-order valence-corrected chi connectivity index (χ4v) is 2.11. The summed E-state index contributed by atoms with van der Waals surface area (Å²) in [6.07, 6.45) is 5.36. The monoisotopic (exact) mass is 238 g/mol. The number of nitrogens with two attached hydrogens (primary N) is 1. The van der Waals surface area contributed by atoms with Crippen molar-refractivity contribution >= 4 is 23.2 Å². The number of aromatic nitrogens is 1. The van der Waals surface area contributed by atoms with Gasteiger partial charge in [0.15, 0.2) is 0 Å². The molecular formula is C11H13ClN3O. The summed E-state index contributed by atoms with van der Waals surface area (Å²) >= 11 is 5.83. The van der Waals surface area contributed by atoms with Crippen LogP contribution in [0.1, 0.15) is 12.8 Å². The van der Waals surface area contributed by atoms with Crippen molar-refractivity contribution in [2.24, 2.45) is 5.73 Å². The van der Waals surface area contributed by atoms with Gasteiger partial charge in [-0.25, -0.2) is 4.98 Å². The smallest absolute Gasteiger partial charge is 0.240 e. The normalized spacial score (nSPS) is 20.8. The zero-order valence-electron chi connectivity index (χ0n) is 8.77. The van der Waals surface area contributed by atoms with E-state index in [0.29, 0.717) is 11.6 Å². The minimum atomic E-state index is -0.302. The summed E-state index contributed by atoms with van der Waals surface area (Å²) < 4.78 is 0. The second kappa shape index (κ2) is 4.70. The van der Waals surface area contributed by atoms with E-state index in [1.165, 1.54) is 0 Å². The standard InChI is InChI=1S/C11H13ClN3O/c12-10-7-8(4-5-14-10)15-6-2-1-3-9(15)11(13)16/h1,4-5,7,9H,2-3,6H2,(H2,13,16). The van der Waals surface area contributed by atoms with Gasteiger partial charge in [-0.1, -0.05) is 11.6 Å². The zero-order chi connectivity index (χ0) is 11.5. The molecule has 1 fully saturated rings. The molecule has 4 nitrogen and oxygen atoms in total. The number of amides is 1. The van der Waals surface area contributed by atoms with Crippen molar-refractivity contribution < 1.29 is 4.79 Å². The SMILES string of the molecule is NC(=O)C1C[CH]CCN1c1ccnc(Cl)c1. The van der Waals surface area contributed by atoms with Crippen molar-refractivity contribution in [1.29, 1.82) is 0 Å². The van der Waals surface area contributed by atoms with Crippen LogP contribution < -0.4 is 10.6 Å². The van der Waals surface area contributed by atoms with Crippen LogP contribution in [-0.4, -0.2) is 23.5 Å². The Bertz CT molecular complexity index is 397. The van der Waals surface area contributed by atoms with Crippen molar-refractivity contribution in [3.8, 4) is 0 Å². The van der Waals surface area contributed by atoms with Gasteiger partial charge in [0.1, 0.15) is 11.2 Å². The van der Waals surface area contributed by atoms with Gasteiger partial charge in [-0.05, 0) is 31.4 Å². The molecule has 1 aromatic rings. The molecule has 16 heavy (non-hydrogen) atoms. The van der Waals surface area contributed by atoms with Gasteiger partial charge in [0.25, 0.3) is 0 Å². The zero-order valence-corrected chi connectivity index (χ0v) is 9.52. The number of hydrogen-bond donors (Lipinski definition) is 1. The van der Waals surface area contributed by atoms with E-state index in [2.05, 4.69) is 11.4 Å². The first kappa shape index (κ1) is 11.2. The van der Waals surface area contributed by atoms with Gasteiger partial charge in [0, 0.05) is 18.4 Å². The summed E-state index contributed by atoms with van der Waals surface area (Å²) in [6.45, 7) is 0.786. The number of pyridine rings is 1. The van der Waals surface area contributed by atoms with Crippen LogP contribution >= 0.6 is 11.6 Å². The number of nitrogens with zero attached hydrogens (tertiary/aromatic N) is 2. The molecule has 1 aromatic heterocycles. The van der Waals surface area contributed by atoms with Crippen molar-refractivity contribution in [3.05, 3.63) is 29.9 Å². The Hall–Kier alpha value is -1.29. The average molecular weight is 239 g/mol. The molecule has 1 amide bonds. The lowest BCUT2D eigenvalue weighted by Gasteiger charge is -2.35. The van der Waals surface area contributed by atoms with Crippen LogP contribution in [-0.2, 0) is 4.79 Å². The Kier molecular flexibility index (Phi) is 3.29. The Balaban J connectivity index is 2.26. The summed E-state index contributed by atoms with van der Waals surface area (Å²) in [6, 6.07) is 3.32. The Morgan fingerprint density at radius 3 is 3.12 bits per heavy atom. The molecule has 85 valence electrons. The number of hydrogen-bond acceptors (Lipinski definition) is 3. The first-order chi connectivity index (χ1) is 7.68. The summed E-state index contributed by atoms with van der Waals surface area (Å²) in [5.74, 6) is -0.302. The van der Waals surface area contributed by atoms with Crippen LogP contribution in [0.5, 0.6) is 0 Å². The molecule has 2 heterocycles. The van der Waals surface area contributed by atoms with Crippen LogP contribution in [0.2, 0.25) is 5.15 Å². The summed E-state index contributed by atoms with van der Waals surface area (Å²) in [5.41, 5.74) is 6.28. The van der Waals surface area contributed by atoms with Crippen molar-refractivity contribution in [2.75, 3.05) is 11.4 Å². The number of carbonyl (C=O) groups excluding carboxylic acids is 1. The highest BCUT2D eigenvalue weighted by Gasteiger charge is 2.27. The second-order valence-corrected chi connectivity index (χ2v) is 4.15. The molecule has 1 radical (unpaired) electrons. The van der Waals surface area contributed by atoms with Crippen LogP contribution in [0.25, 0.3) is 0 Å². The molecule has 0 aliphatic carbocycles. The first-order valence-electron chi connectivity index (χ1n) is 5.17. The van der Waals surface area contributed by atoms with Crippen LogP contribution in [0.3, 0.4) is 0 Å². The molecule has 1 saturated heterocycles. The molecule has 2 rings (SSSR count). The average Bonchev–Trinajstić information content (AvgIpc) is 2.29. The fourth-order valence-electron chi connectivity index (χ4n) is 1.94. The maximum Gasteiger partial charge on any atom is 0.240 e. The van der Waals surface area contributed by atoms with E-state index in [1.54, 1.807) is 12.3 Å².